The van der Waals surface area contributed by atoms with E-state index in [1.165, 1.54) is 23.1 Å². The minimum atomic E-state index is -4.35. The molecule has 2 rings (SSSR count). The Morgan fingerprint density at radius 1 is 1.35 bits per heavy atom. The van der Waals surface area contributed by atoms with Crippen LogP contribution in [0.25, 0.3) is 0 Å². The normalized spacial score (nSPS) is 15.9. The first-order valence-corrected chi connectivity index (χ1v) is 5.93. The lowest BCUT2D eigenvalue weighted by molar-refractivity contribution is -0.0957. The van der Waals surface area contributed by atoms with Crippen molar-refractivity contribution in [2.24, 2.45) is 0 Å². The lowest BCUT2D eigenvalue weighted by Gasteiger charge is -2.27. The van der Waals surface area contributed by atoms with E-state index in [2.05, 4.69) is 0 Å². The number of para-hydroxylation sites is 1. The highest BCUT2D eigenvalue weighted by Crippen LogP contribution is 2.31. The van der Waals surface area contributed by atoms with Gasteiger partial charge in [0.05, 0.1) is 11.3 Å². The number of nitrogen functional groups attached to an aromatic ring is 1. The van der Waals surface area contributed by atoms with Crippen LogP contribution in [0.3, 0.4) is 0 Å². The van der Waals surface area contributed by atoms with Crippen molar-refractivity contribution >= 4 is 11.6 Å². The number of alkyl halides is 3. The summed E-state index contributed by atoms with van der Waals surface area (Å²) >= 11 is 0. The molecule has 7 heteroatoms. The number of rotatable bonds is 1. The van der Waals surface area contributed by atoms with Crippen LogP contribution in [0.5, 0.6) is 5.75 Å². The molecule has 0 unspecified atom stereocenters. The van der Waals surface area contributed by atoms with Gasteiger partial charge in [0.1, 0.15) is 0 Å². The van der Waals surface area contributed by atoms with Crippen LogP contribution in [0.4, 0.5) is 18.9 Å². The van der Waals surface area contributed by atoms with Crippen LogP contribution in [0, 0.1) is 0 Å². The Morgan fingerprint density at radius 2 is 2.05 bits per heavy atom. The van der Waals surface area contributed by atoms with Crippen LogP contribution >= 0.6 is 0 Å². The number of nitrogens with zero attached hydrogens (tertiary/aromatic N) is 1. The molecule has 108 valence electrons. The Hall–Kier alpha value is -2.18. The van der Waals surface area contributed by atoms with Crippen molar-refractivity contribution < 1.29 is 23.1 Å². The van der Waals surface area contributed by atoms with E-state index in [0.717, 1.165) is 6.08 Å². The van der Waals surface area contributed by atoms with Crippen molar-refractivity contribution in [1.82, 2.24) is 4.90 Å². The van der Waals surface area contributed by atoms with Gasteiger partial charge in [0.15, 0.2) is 5.75 Å². The number of halogens is 3. The molecule has 0 fully saturated rings. The quantitative estimate of drug-likeness (QED) is 0.473. The standard InChI is InChI=1S/C13H13F3N2O2/c14-13(15,16)8-4-6-18(7-5-8)12(20)9-2-1-3-10(17)11(9)19/h1-4,19H,5-7,17H2. The zero-order chi connectivity index (χ0) is 14.9. The first-order valence-electron chi connectivity index (χ1n) is 5.93. The van der Waals surface area contributed by atoms with Gasteiger partial charge < -0.3 is 15.7 Å². The second-order valence-corrected chi connectivity index (χ2v) is 4.47. The Morgan fingerprint density at radius 3 is 2.60 bits per heavy atom. The molecule has 1 amide bonds. The fraction of sp³-hybridized carbons (Fsp3) is 0.308. The molecule has 0 saturated heterocycles. The molecule has 0 radical (unpaired) electrons. The van der Waals surface area contributed by atoms with Gasteiger partial charge in [-0.05, 0) is 18.6 Å². The predicted octanol–water partition coefficient (Wildman–Crippen LogP) is 2.31. The number of aromatic hydroxyl groups is 1. The van der Waals surface area contributed by atoms with Crippen LogP contribution in [0.2, 0.25) is 0 Å². The molecule has 1 aromatic rings. The Bertz CT molecular complexity index is 567. The zero-order valence-corrected chi connectivity index (χ0v) is 10.4. The highest BCUT2D eigenvalue weighted by molar-refractivity contribution is 5.98. The van der Waals surface area contributed by atoms with Gasteiger partial charge >= 0.3 is 6.18 Å². The molecular formula is C13H13F3N2O2. The van der Waals surface area contributed by atoms with Crippen molar-refractivity contribution in [3.8, 4) is 5.75 Å². The minimum absolute atomic E-state index is 0.00569. The number of anilines is 1. The summed E-state index contributed by atoms with van der Waals surface area (Å²) in [4.78, 5) is 13.4. The van der Waals surface area contributed by atoms with E-state index in [4.69, 9.17) is 5.73 Å². The maximum atomic E-state index is 12.5. The van der Waals surface area contributed by atoms with E-state index in [9.17, 15) is 23.1 Å². The Balaban J connectivity index is 2.17. The summed E-state index contributed by atoms with van der Waals surface area (Å²) in [7, 11) is 0. The summed E-state index contributed by atoms with van der Waals surface area (Å²) in [5, 5.41) is 9.71. The second-order valence-electron chi connectivity index (χ2n) is 4.47. The summed E-state index contributed by atoms with van der Waals surface area (Å²) in [6, 6.07) is 4.32. The van der Waals surface area contributed by atoms with Crippen LogP contribution in [-0.4, -0.2) is 35.2 Å². The van der Waals surface area contributed by atoms with Crippen LogP contribution < -0.4 is 5.73 Å². The van der Waals surface area contributed by atoms with Crippen LogP contribution in [0.1, 0.15) is 16.8 Å². The topological polar surface area (TPSA) is 66.6 Å². The molecule has 20 heavy (non-hydrogen) atoms. The molecule has 0 saturated carbocycles. The third kappa shape index (κ3) is 2.71. The lowest BCUT2D eigenvalue weighted by Crippen LogP contribution is -2.36. The van der Waals surface area contributed by atoms with Gasteiger partial charge in [0.2, 0.25) is 0 Å². The maximum Gasteiger partial charge on any atom is 0.412 e. The largest absolute Gasteiger partial charge is 0.505 e. The van der Waals surface area contributed by atoms with Gasteiger partial charge in [-0.2, -0.15) is 13.2 Å². The van der Waals surface area contributed by atoms with Gasteiger partial charge in [-0.1, -0.05) is 12.1 Å². The second kappa shape index (κ2) is 5.07. The van der Waals surface area contributed by atoms with Crippen molar-refractivity contribution in [2.75, 3.05) is 18.8 Å². The molecule has 3 N–H and O–H groups in total. The van der Waals surface area contributed by atoms with E-state index in [1.807, 2.05) is 0 Å². The van der Waals surface area contributed by atoms with E-state index in [-0.39, 0.29) is 36.5 Å². The zero-order valence-electron chi connectivity index (χ0n) is 10.4. The predicted molar refractivity (Wildman–Crippen MR) is 67.2 cm³/mol. The van der Waals surface area contributed by atoms with E-state index >= 15 is 0 Å². The van der Waals surface area contributed by atoms with Gasteiger partial charge in [-0.25, -0.2) is 0 Å². The molecular weight excluding hydrogens is 273 g/mol. The third-order valence-corrected chi connectivity index (χ3v) is 3.16. The number of phenolic OH excluding ortho intramolecular Hbond substituents is 1. The molecule has 0 aromatic heterocycles. The number of benzene rings is 1. The van der Waals surface area contributed by atoms with Crippen molar-refractivity contribution in [2.45, 2.75) is 12.6 Å². The lowest BCUT2D eigenvalue weighted by atomic mass is 10.1. The number of phenols is 1. The molecule has 0 aliphatic carbocycles. The highest BCUT2D eigenvalue weighted by Gasteiger charge is 2.35. The summed E-state index contributed by atoms with van der Waals surface area (Å²) in [6.07, 6.45) is -3.61. The third-order valence-electron chi connectivity index (χ3n) is 3.16. The van der Waals surface area contributed by atoms with Crippen molar-refractivity contribution in [3.05, 3.63) is 35.4 Å². The monoisotopic (exact) mass is 286 g/mol. The van der Waals surface area contributed by atoms with Gasteiger partial charge in [0, 0.05) is 18.7 Å². The molecule has 0 atom stereocenters. The smallest absolute Gasteiger partial charge is 0.412 e. The van der Waals surface area contributed by atoms with E-state index in [0.29, 0.717) is 0 Å². The van der Waals surface area contributed by atoms with Gasteiger partial charge in [-0.15, -0.1) is 0 Å². The Labute approximate surface area is 113 Å². The van der Waals surface area contributed by atoms with Crippen LogP contribution in [-0.2, 0) is 0 Å². The number of hydrogen-bond donors (Lipinski definition) is 2. The van der Waals surface area contributed by atoms with Gasteiger partial charge in [0.25, 0.3) is 5.91 Å². The number of nitrogens with two attached hydrogens (primary N) is 1. The fourth-order valence-corrected chi connectivity index (χ4v) is 2.02. The number of amides is 1. The van der Waals surface area contributed by atoms with E-state index < -0.39 is 17.7 Å². The molecule has 4 nitrogen and oxygen atoms in total. The molecule has 1 aliphatic heterocycles. The molecule has 1 aliphatic rings. The van der Waals surface area contributed by atoms with Crippen LogP contribution in [0.15, 0.2) is 29.8 Å². The summed E-state index contributed by atoms with van der Waals surface area (Å²) in [6.45, 7) is -0.180. The number of hydrogen-bond acceptors (Lipinski definition) is 3. The summed E-state index contributed by atoms with van der Waals surface area (Å²) in [5.41, 5.74) is 4.91. The number of carbonyl (C=O) groups is 1. The SMILES string of the molecule is Nc1cccc(C(=O)N2CC=C(C(F)(F)F)CC2)c1O. The average Bonchev–Trinajstić information content (AvgIpc) is 2.40. The van der Waals surface area contributed by atoms with Crippen molar-refractivity contribution in [3.63, 3.8) is 0 Å². The van der Waals surface area contributed by atoms with E-state index in [1.54, 1.807) is 0 Å². The first-order chi connectivity index (χ1) is 9.30. The Kier molecular flexibility index (Phi) is 3.61. The van der Waals surface area contributed by atoms with Gasteiger partial charge in [-0.3, -0.25) is 4.79 Å². The fourth-order valence-electron chi connectivity index (χ4n) is 2.02. The number of carbonyl (C=O) groups excluding carboxylic acids is 1. The minimum Gasteiger partial charge on any atom is -0.505 e. The summed E-state index contributed by atoms with van der Waals surface area (Å²) < 4.78 is 37.4. The first kappa shape index (κ1) is 14.2. The molecule has 0 spiro atoms. The molecule has 1 heterocycles. The molecule has 0 bridgehead atoms. The van der Waals surface area contributed by atoms with Crippen molar-refractivity contribution in [1.29, 1.82) is 0 Å². The molecule has 1 aromatic carbocycles. The average molecular weight is 286 g/mol. The maximum absolute atomic E-state index is 12.5. The summed E-state index contributed by atoms with van der Waals surface area (Å²) in [5.74, 6) is -0.879. The highest BCUT2D eigenvalue weighted by atomic mass is 19.4.